The van der Waals surface area contributed by atoms with E-state index in [9.17, 15) is 9.35 Å². The fourth-order valence-electron chi connectivity index (χ4n) is 2.78. The number of rotatable bonds is 9. The zero-order valence-corrected chi connectivity index (χ0v) is 19.5. The molecule has 0 saturated heterocycles. The normalized spacial score (nSPS) is 13.6. The Kier molecular flexibility index (Phi) is 8.17. The summed E-state index contributed by atoms with van der Waals surface area (Å²) in [4.78, 5) is 11.7. The molecule has 0 radical (unpaired) electrons. The highest BCUT2D eigenvalue weighted by Gasteiger charge is 2.29. The second-order valence-corrected chi connectivity index (χ2v) is 9.75. The van der Waals surface area contributed by atoms with E-state index in [0.29, 0.717) is 18.1 Å². The van der Waals surface area contributed by atoms with Crippen LogP contribution >= 0.6 is 0 Å². The minimum Gasteiger partial charge on any atom is -0.598 e. The molecule has 1 aromatic carbocycles. The van der Waals surface area contributed by atoms with Gasteiger partial charge in [0, 0.05) is 28.7 Å². The molecule has 1 N–H and O–H groups in total. The van der Waals surface area contributed by atoms with Crippen molar-refractivity contribution in [2.24, 2.45) is 0 Å². The number of esters is 1. The summed E-state index contributed by atoms with van der Waals surface area (Å²) in [7, 11) is 3.14. The van der Waals surface area contributed by atoms with Crippen molar-refractivity contribution in [3.05, 3.63) is 30.1 Å². The van der Waals surface area contributed by atoms with Gasteiger partial charge < -0.3 is 18.8 Å². The summed E-state index contributed by atoms with van der Waals surface area (Å²) in [5.74, 6) is 0.757. The first-order valence-electron chi connectivity index (χ1n) is 9.73. The number of hydrogen-bond donors (Lipinski definition) is 1. The van der Waals surface area contributed by atoms with Crippen LogP contribution in [0.25, 0.3) is 11.1 Å². The Morgan fingerprint density at radius 2 is 2.00 bits per heavy atom. The van der Waals surface area contributed by atoms with Crippen molar-refractivity contribution in [2.45, 2.75) is 52.0 Å². The van der Waals surface area contributed by atoms with Crippen molar-refractivity contribution in [2.75, 3.05) is 20.8 Å². The van der Waals surface area contributed by atoms with Gasteiger partial charge in [0.1, 0.15) is 11.3 Å². The summed E-state index contributed by atoms with van der Waals surface area (Å²) in [6.07, 6.45) is 3.41. The molecule has 2 atom stereocenters. The summed E-state index contributed by atoms with van der Waals surface area (Å²) in [6, 6.07) is 3.62. The third kappa shape index (κ3) is 5.90. The Bertz CT molecular complexity index is 863. The predicted molar refractivity (Wildman–Crippen MR) is 117 cm³/mol. The molecule has 9 heteroatoms. The maximum atomic E-state index is 12.5. The molecule has 0 aliphatic heterocycles. The lowest BCUT2D eigenvalue weighted by atomic mass is 10.0. The molecular weight excluding hydrogens is 406 g/mol. The first-order chi connectivity index (χ1) is 14.1. The van der Waals surface area contributed by atoms with Gasteiger partial charge in [-0.2, -0.15) is 5.10 Å². The Balaban J connectivity index is 2.40. The van der Waals surface area contributed by atoms with Crippen LogP contribution in [0.2, 0.25) is 0 Å². The molecule has 1 aromatic heterocycles. The molecular formula is C21H31N3O5S. The first-order valence-corrected chi connectivity index (χ1v) is 10.9. The molecule has 0 aliphatic carbocycles. The highest BCUT2D eigenvalue weighted by atomic mass is 32.2. The highest BCUT2D eigenvalue weighted by molar-refractivity contribution is 7.90. The zero-order valence-electron chi connectivity index (χ0n) is 18.6. The summed E-state index contributed by atoms with van der Waals surface area (Å²) in [6.45, 7) is 9.80. The van der Waals surface area contributed by atoms with E-state index in [1.54, 1.807) is 33.5 Å². The third-order valence-corrected chi connectivity index (χ3v) is 6.06. The van der Waals surface area contributed by atoms with E-state index in [1.165, 1.54) is 4.68 Å². The van der Waals surface area contributed by atoms with Gasteiger partial charge in [0.05, 0.1) is 33.1 Å². The molecule has 30 heavy (non-hydrogen) atoms. The van der Waals surface area contributed by atoms with Gasteiger partial charge in [-0.25, -0.2) is 0 Å². The third-order valence-electron chi connectivity index (χ3n) is 4.38. The minimum atomic E-state index is -1.23. The van der Waals surface area contributed by atoms with E-state index >= 15 is 0 Å². The molecule has 0 unspecified atom stereocenters. The number of carbonyl (C=O) groups is 1. The Morgan fingerprint density at radius 1 is 1.30 bits per heavy atom. The second kappa shape index (κ2) is 10.2. The number of aromatic nitrogens is 2. The lowest BCUT2D eigenvalue weighted by Crippen LogP contribution is -2.40. The smallest absolute Gasteiger partial charge is 0.327 e. The average molecular weight is 438 g/mol. The number of carbonyl (C=O) groups excluding carboxylic acids is 1. The molecule has 8 nitrogen and oxygen atoms in total. The lowest BCUT2D eigenvalue weighted by molar-refractivity contribution is -0.144. The Labute approximate surface area is 181 Å². The molecule has 2 aromatic rings. The average Bonchev–Trinajstić information content (AvgIpc) is 3.14. The highest BCUT2D eigenvalue weighted by Crippen LogP contribution is 2.40. The molecule has 2 rings (SSSR count). The molecule has 0 spiro atoms. The molecule has 0 fully saturated rings. The molecule has 0 bridgehead atoms. The van der Waals surface area contributed by atoms with Gasteiger partial charge in [-0.15, -0.1) is 4.72 Å². The van der Waals surface area contributed by atoms with Gasteiger partial charge in [-0.1, -0.05) is 0 Å². The fourth-order valence-corrected chi connectivity index (χ4v) is 3.59. The fraction of sp³-hybridized carbons (Fsp3) is 0.524. The van der Waals surface area contributed by atoms with Crippen LogP contribution in [-0.4, -0.2) is 45.9 Å². The maximum absolute atomic E-state index is 12.5. The van der Waals surface area contributed by atoms with Crippen molar-refractivity contribution in [3.8, 4) is 22.6 Å². The van der Waals surface area contributed by atoms with Crippen LogP contribution in [0.4, 0.5) is 0 Å². The monoisotopic (exact) mass is 437 g/mol. The largest absolute Gasteiger partial charge is 0.598 e. The van der Waals surface area contributed by atoms with Crippen LogP contribution in [0.5, 0.6) is 11.5 Å². The van der Waals surface area contributed by atoms with Crippen molar-refractivity contribution in [1.29, 1.82) is 0 Å². The SMILES string of the molecule is CCOC(=O)Cn1cc(-c2cc([C@@H](C)N[S@@+]([O-])C(C)(C)C)cc(OC)c2OC)cn1. The van der Waals surface area contributed by atoms with Crippen LogP contribution in [-0.2, 0) is 27.4 Å². The lowest BCUT2D eigenvalue weighted by Gasteiger charge is -2.27. The second-order valence-electron chi connectivity index (χ2n) is 7.76. The van der Waals surface area contributed by atoms with Crippen LogP contribution in [0, 0.1) is 0 Å². The van der Waals surface area contributed by atoms with Crippen molar-refractivity contribution in [1.82, 2.24) is 14.5 Å². The van der Waals surface area contributed by atoms with E-state index in [2.05, 4.69) is 9.82 Å². The van der Waals surface area contributed by atoms with Crippen LogP contribution in [0.3, 0.4) is 0 Å². The molecule has 0 aliphatic rings. The molecule has 0 amide bonds. The van der Waals surface area contributed by atoms with Gasteiger partial charge >= 0.3 is 5.97 Å². The Hall–Kier alpha value is -2.23. The number of ether oxygens (including phenoxy) is 3. The van der Waals surface area contributed by atoms with E-state index in [4.69, 9.17) is 14.2 Å². The van der Waals surface area contributed by atoms with Crippen molar-refractivity contribution in [3.63, 3.8) is 0 Å². The van der Waals surface area contributed by atoms with Crippen LogP contribution < -0.4 is 14.2 Å². The van der Waals surface area contributed by atoms with E-state index < -0.39 is 11.4 Å². The summed E-state index contributed by atoms with van der Waals surface area (Å²) < 4.78 is 32.9. The Morgan fingerprint density at radius 3 is 2.57 bits per heavy atom. The van der Waals surface area contributed by atoms with Gasteiger partial charge in [0.25, 0.3) is 0 Å². The zero-order chi connectivity index (χ0) is 22.5. The number of hydrogen-bond acceptors (Lipinski definition) is 7. The summed E-state index contributed by atoms with van der Waals surface area (Å²) in [5, 5.41) is 4.26. The van der Waals surface area contributed by atoms with E-state index in [-0.39, 0.29) is 23.3 Å². The van der Waals surface area contributed by atoms with Gasteiger partial charge in [-0.05, 0) is 52.3 Å². The van der Waals surface area contributed by atoms with Crippen molar-refractivity contribution < 1.29 is 23.6 Å². The van der Waals surface area contributed by atoms with Crippen LogP contribution in [0.15, 0.2) is 24.5 Å². The number of nitrogens with one attached hydrogen (secondary N) is 1. The minimum absolute atomic E-state index is 0.0233. The van der Waals surface area contributed by atoms with Crippen molar-refractivity contribution >= 4 is 17.3 Å². The number of benzene rings is 1. The van der Waals surface area contributed by atoms with Gasteiger partial charge in [0.15, 0.2) is 11.5 Å². The first kappa shape index (κ1) is 24.0. The summed E-state index contributed by atoms with van der Waals surface area (Å²) in [5.41, 5.74) is 2.41. The van der Waals surface area contributed by atoms with E-state index in [1.807, 2.05) is 39.8 Å². The van der Waals surface area contributed by atoms with Crippen LogP contribution in [0.1, 0.15) is 46.2 Å². The van der Waals surface area contributed by atoms with E-state index in [0.717, 1.165) is 16.7 Å². The summed E-state index contributed by atoms with van der Waals surface area (Å²) >= 11 is -1.23. The topological polar surface area (TPSA) is 97.7 Å². The molecule has 0 saturated carbocycles. The molecule has 166 valence electrons. The standard InChI is InChI=1S/C21H31N3O5S/c1-8-29-19(25)13-24-12-16(11-22-24)17-9-15(10-18(27-6)20(17)28-7)14(2)23-30(26)21(3,4)5/h9-12,14,23H,8,13H2,1-7H3/t14-,30+/m1/s1. The number of methoxy groups -OCH3 is 2. The molecule has 1 heterocycles. The predicted octanol–water partition coefficient (Wildman–Crippen LogP) is 3.24. The van der Waals surface area contributed by atoms with Gasteiger partial charge in [0.2, 0.25) is 0 Å². The van der Waals surface area contributed by atoms with Gasteiger partial charge in [-0.3, -0.25) is 9.48 Å². The number of nitrogens with zero attached hydrogens (tertiary/aromatic N) is 2. The quantitative estimate of drug-likeness (QED) is 0.475. The maximum Gasteiger partial charge on any atom is 0.327 e.